The van der Waals surface area contributed by atoms with Crippen LogP contribution in [-0.2, 0) is 6.42 Å². The van der Waals surface area contributed by atoms with E-state index < -0.39 is 5.82 Å². The zero-order valence-corrected chi connectivity index (χ0v) is 15.9. The van der Waals surface area contributed by atoms with E-state index in [0.29, 0.717) is 17.7 Å². The first-order valence-corrected chi connectivity index (χ1v) is 9.31. The minimum Gasteiger partial charge on any atom is -0.295 e. The summed E-state index contributed by atoms with van der Waals surface area (Å²) in [6.07, 6.45) is 2.03. The van der Waals surface area contributed by atoms with Gasteiger partial charge >= 0.3 is 0 Å². The molecule has 0 aliphatic carbocycles. The van der Waals surface area contributed by atoms with Crippen molar-refractivity contribution in [3.05, 3.63) is 107 Å². The van der Waals surface area contributed by atoms with Crippen molar-refractivity contribution in [3.63, 3.8) is 0 Å². The highest BCUT2D eigenvalue weighted by Crippen LogP contribution is 2.19. The van der Waals surface area contributed by atoms with Gasteiger partial charge in [-0.3, -0.25) is 15.6 Å². The highest BCUT2D eigenvalue weighted by Gasteiger charge is 2.09. The largest absolute Gasteiger partial charge is 0.295 e. The third kappa shape index (κ3) is 4.26. The zero-order valence-electron chi connectivity index (χ0n) is 15.9. The Balaban J connectivity index is 1.43. The van der Waals surface area contributed by atoms with E-state index in [1.54, 1.807) is 42.6 Å². The lowest BCUT2D eigenvalue weighted by atomic mass is 10.0. The average Bonchev–Trinajstić information content (AvgIpc) is 2.78. The Bertz CT molecular complexity index is 1280. The van der Waals surface area contributed by atoms with Crippen LogP contribution < -0.4 is 10.9 Å². The second-order valence-electron chi connectivity index (χ2n) is 6.79. The SMILES string of the molecule is N#Cc1cc(Cc2ccc(NNC(=O)c3ccc4ccccc4c3)c(F)c2)ccn1. The normalized spacial score (nSPS) is 10.4. The van der Waals surface area contributed by atoms with Gasteiger partial charge in [0, 0.05) is 11.8 Å². The van der Waals surface area contributed by atoms with Gasteiger partial charge in [0.15, 0.2) is 0 Å². The van der Waals surface area contributed by atoms with Crippen LogP contribution >= 0.6 is 0 Å². The van der Waals surface area contributed by atoms with Crippen molar-refractivity contribution < 1.29 is 9.18 Å². The van der Waals surface area contributed by atoms with Crippen LogP contribution in [0.1, 0.15) is 27.2 Å². The van der Waals surface area contributed by atoms with Crippen molar-refractivity contribution >= 4 is 22.4 Å². The van der Waals surface area contributed by atoms with Crippen LogP contribution in [0.4, 0.5) is 10.1 Å². The van der Waals surface area contributed by atoms with E-state index in [1.165, 1.54) is 6.07 Å². The summed E-state index contributed by atoms with van der Waals surface area (Å²) in [7, 11) is 0. The molecule has 0 saturated carbocycles. The first-order valence-electron chi connectivity index (χ1n) is 9.31. The maximum Gasteiger partial charge on any atom is 0.269 e. The van der Waals surface area contributed by atoms with Gasteiger partial charge in [-0.15, -0.1) is 0 Å². The molecular formula is C24H17FN4O. The van der Waals surface area contributed by atoms with Gasteiger partial charge in [-0.05, 0) is 64.7 Å². The molecule has 4 aromatic rings. The fourth-order valence-corrected chi connectivity index (χ4v) is 3.18. The topological polar surface area (TPSA) is 77.8 Å². The molecule has 0 aliphatic heterocycles. The standard InChI is InChI=1S/C24H17FN4O/c25-22-13-16(11-17-9-10-27-21(12-17)15-26)5-8-23(22)28-29-24(30)20-7-6-18-3-1-2-4-19(18)14-20/h1-10,12-14,28H,11H2,(H,29,30). The fourth-order valence-electron chi connectivity index (χ4n) is 3.18. The molecule has 1 amide bonds. The minimum absolute atomic E-state index is 0.167. The molecule has 3 aromatic carbocycles. The van der Waals surface area contributed by atoms with Crippen LogP contribution in [-0.4, -0.2) is 10.9 Å². The molecule has 0 unspecified atom stereocenters. The molecule has 0 aliphatic rings. The highest BCUT2D eigenvalue weighted by molar-refractivity contribution is 5.99. The summed E-state index contributed by atoms with van der Waals surface area (Å²) in [4.78, 5) is 16.3. The Morgan fingerprint density at radius 3 is 2.57 bits per heavy atom. The van der Waals surface area contributed by atoms with E-state index in [4.69, 9.17) is 5.26 Å². The van der Waals surface area contributed by atoms with Gasteiger partial charge in [-0.2, -0.15) is 5.26 Å². The number of benzene rings is 3. The van der Waals surface area contributed by atoms with Crippen molar-refractivity contribution in [2.45, 2.75) is 6.42 Å². The molecule has 5 nitrogen and oxygen atoms in total. The van der Waals surface area contributed by atoms with Gasteiger partial charge in [-0.25, -0.2) is 9.37 Å². The summed E-state index contributed by atoms with van der Waals surface area (Å²) < 4.78 is 14.5. The summed E-state index contributed by atoms with van der Waals surface area (Å²) in [6, 6.07) is 23.3. The summed E-state index contributed by atoms with van der Waals surface area (Å²) in [5.74, 6) is -0.842. The number of pyridine rings is 1. The summed E-state index contributed by atoms with van der Waals surface area (Å²) >= 11 is 0. The Morgan fingerprint density at radius 2 is 1.77 bits per heavy atom. The van der Waals surface area contributed by atoms with Crippen LogP contribution in [0.25, 0.3) is 10.8 Å². The lowest BCUT2D eigenvalue weighted by Gasteiger charge is -2.11. The Hall–Kier alpha value is -4.24. The molecule has 0 spiro atoms. The zero-order chi connectivity index (χ0) is 20.9. The molecule has 1 heterocycles. The maximum atomic E-state index is 14.5. The fraction of sp³-hybridized carbons (Fsp3) is 0.0417. The van der Waals surface area contributed by atoms with Crippen molar-refractivity contribution in [3.8, 4) is 6.07 Å². The molecule has 30 heavy (non-hydrogen) atoms. The lowest BCUT2D eigenvalue weighted by molar-refractivity contribution is 0.0962. The monoisotopic (exact) mass is 396 g/mol. The highest BCUT2D eigenvalue weighted by atomic mass is 19.1. The second kappa shape index (κ2) is 8.41. The molecule has 1 aromatic heterocycles. The van der Waals surface area contributed by atoms with Gasteiger partial charge in [0.05, 0.1) is 5.69 Å². The molecule has 0 atom stereocenters. The van der Waals surface area contributed by atoms with E-state index in [2.05, 4.69) is 15.8 Å². The van der Waals surface area contributed by atoms with E-state index >= 15 is 0 Å². The number of hydrogen-bond acceptors (Lipinski definition) is 4. The van der Waals surface area contributed by atoms with Crippen LogP contribution in [0.3, 0.4) is 0 Å². The Morgan fingerprint density at radius 1 is 0.967 bits per heavy atom. The molecule has 4 rings (SSSR count). The first-order chi connectivity index (χ1) is 14.6. The van der Waals surface area contributed by atoms with E-state index in [-0.39, 0.29) is 11.6 Å². The van der Waals surface area contributed by atoms with Gasteiger partial charge in [-0.1, -0.05) is 36.4 Å². The predicted molar refractivity (Wildman–Crippen MR) is 113 cm³/mol. The van der Waals surface area contributed by atoms with Crippen LogP contribution in [0.2, 0.25) is 0 Å². The number of nitrogens with zero attached hydrogens (tertiary/aromatic N) is 2. The molecule has 0 radical (unpaired) electrons. The minimum atomic E-state index is -0.485. The number of nitriles is 1. The third-order valence-corrected chi connectivity index (χ3v) is 4.70. The average molecular weight is 396 g/mol. The molecule has 0 saturated heterocycles. The number of fused-ring (bicyclic) bond motifs is 1. The smallest absolute Gasteiger partial charge is 0.269 e. The number of nitrogens with one attached hydrogen (secondary N) is 2. The van der Waals surface area contributed by atoms with E-state index in [0.717, 1.165) is 21.9 Å². The maximum absolute atomic E-state index is 14.5. The number of hydrazine groups is 1. The number of rotatable bonds is 5. The number of halogens is 1. The lowest BCUT2D eigenvalue weighted by Crippen LogP contribution is -2.29. The number of hydrogen-bond donors (Lipinski definition) is 2. The number of aromatic nitrogens is 1. The van der Waals surface area contributed by atoms with Crippen molar-refractivity contribution in [1.29, 1.82) is 5.26 Å². The van der Waals surface area contributed by atoms with Crippen LogP contribution in [0, 0.1) is 17.1 Å². The summed E-state index contributed by atoms with van der Waals surface area (Å²) in [5, 5.41) is 10.9. The number of carbonyl (C=O) groups excluding carboxylic acids is 1. The summed E-state index contributed by atoms with van der Waals surface area (Å²) in [6.45, 7) is 0. The second-order valence-corrected chi connectivity index (χ2v) is 6.79. The molecule has 0 bridgehead atoms. The van der Waals surface area contributed by atoms with Crippen molar-refractivity contribution in [2.24, 2.45) is 0 Å². The summed E-state index contributed by atoms with van der Waals surface area (Å²) in [5.41, 5.74) is 7.75. The van der Waals surface area contributed by atoms with Gasteiger partial charge in [0.25, 0.3) is 5.91 Å². The molecule has 0 fully saturated rings. The Labute approximate surface area is 172 Å². The molecule has 146 valence electrons. The molecular weight excluding hydrogens is 379 g/mol. The quantitative estimate of drug-likeness (QED) is 0.484. The van der Waals surface area contributed by atoms with Crippen LogP contribution in [0.15, 0.2) is 79.0 Å². The first kappa shape index (κ1) is 19.1. The van der Waals surface area contributed by atoms with Crippen molar-refractivity contribution in [1.82, 2.24) is 10.4 Å². The molecule has 6 heteroatoms. The van der Waals surface area contributed by atoms with Crippen LogP contribution in [0.5, 0.6) is 0 Å². The van der Waals surface area contributed by atoms with E-state index in [1.807, 2.05) is 36.4 Å². The van der Waals surface area contributed by atoms with Crippen molar-refractivity contribution in [2.75, 3.05) is 5.43 Å². The number of carbonyl (C=O) groups is 1. The molecule has 2 N–H and O–H groups in total. The predicted octanol–water partition coefficient (Wildman–Crippen LogP) is 4.59. The third-order valence-electron chi connectivity index (χ3n) is 4.70. The number of amides is 1. The van der Waals surface area contributed by atoms with Gasteiger partial charge in [0.2, 0.25) is 0 Å². The Kier molecular flexibility index (Phi) is 5.35. The number of anilines is 1. The van der Waals surface area contributed by atoms with Gasteiger partial charge in [0.1, 0.15) is 17.6 Å². The van der Waals surface area contributed by atoms with Gasteiger partial charge < -0.3 is 0 Å². The van der Waals surface area contributed by atoms with E-state index in [9.17, 15) is 9.18 Å².